The van der Waals surface area contributed by atoms with Crippen molar-refractivity contribution in [1.29, 1.82) is 0 Å². The van der Waals surface area contributed by atoms with Crippen molar-refractivity contribution in [3.05, 3.63) is 65.2 Å². The summed E-state index contributed by atoms with van der Waals surface area (Å²) in [6.45, 7) is 3.63. The molecule has 9 nitrogen and oxygen atoms in total. The van der Waals surface area contributed by atoms with Crippen molar-refractivity contribution in [2.24, 2.45) is 0 Å². The number of amides is 1. The summed E-state index contributed by atoms with van der Waals surface area (Å²) in [5, 5.41) is 6.08. The van der Waals surface area contributed by atoms with Gasteiger partial charge in [0.2, 0.25) is 5.95 Å². The molecule has 2 aliphatic rings. The predicted octanol–water partition coefficient (Wildman–Crippen LogP) is 3.60. The van der Waals surface area contributed by atoms with E-state index >= 15 is 0 Å². The molecule has 37 heavy (non-hydrogen) atoms. The van der Waals surface area contributed by atoms with Gasteiger partial charge in [-0.05, 0) is 30.5 Å². The number of fused-ring (bicyclic) bond motifs is 1. The van der Waals surface area contributed by atoms with Crippen LogP contribution in [-0.2, 0) is 16.1 Å². The molecule has 2 aromatic carbocycles. The van der Waals surface area contributed by atoms with Gasteiger partial charge < -0.3 is 20.3 Å². The van der Waals surface area contributed by atoms with Gasteiger partial charge in [-0.2, -0.15) is 4.98 Å². The van der Waals surface area contributed by atoms with E-state index in [1.165, 1.54) is 0 Å². The SMILES string of the molecule is Nc1c2c(-c3cccc(Cl)c3)nc(N3CCN(C(=O)C4CCCO4)CC3)nc2nn1Cc1ccccc1. The van der Waals surface area contributed by atoms with Crippen LogP contribution < -0.4 is 10.6 Å². The number of hydrogen-bond acceptors (Lipinski definition) is 7. The Morgan fingerprint density at radius 3 is 2.59 bits per heavy atom. The molecule has 0 saturated carbocycles. The Morgan fingerprint density at radius 2 is 1.86 bits per heavy atom. The summed E-state index contributed by atoms with van der Waals surface area (Å²) in [6, 6.07) is 17.6. The summed E-state index contributed by atoms with van der Waals surface area (Å²) in [5.74, 6) is 1.16. The summed E-state index contributed by atoms with van der Waals surface area (Å²) < 4.78 is 7.36. The Hall–Kier alpha value is -3.69. The molecule has 2 N–H and O–H groups in total. The van der Waals surface area contributed by atoms with Gasteiger partial charge in [-0.1, -0.05) is 54.1 Å². The first-order valence-corrected chi connectivity index (χ1v) is 12.9. The van der Waals surface area contributed by atoms with Crippen LogP contribution in [0.3, 0.4) is 0 Å². The number of ether oxygens (including phenoxy) is 1. The average molecular weight is 518 g/mol. The lowest BCUT2D eigenvalue weighted by molar-refractivity contribution is -0.141. The zero-order valence-corrected chi connectivity index (χ0v) is 21.1. The minimum absolute atomic E-state index is 0.0839. The number of piperazine rings is 1. The highest BCUT2D eigenvalue weighted by Gasteiger charge is 2.31. The summed E-state index contributed by atoms with van der Waals surface area (Å²) in [7, 11) is 0. The van der Waals surface area contributed by atoms with Crippen molar-refractivity contribution in [3.8, 4) is 11.3 Å². The molecule has 190 valence electrons. The molecule has 1 amide bonds. The summed E-state index contributed by atoms with van der Waals surface area (Å²) >= 11 is 6.33. The predicted molar refractivity (Wildman–Crippen MR) is 143 cm³/mol. The summed E-state index contributed by atoms with van der Waals surface area (Å²) in [6.07, 6.45) is 1.44. The Morgan fingerprint density at radius 1 is 1.05 bits per heavy atom. The zero-order chi connectivity index (χ0) is 25.4. The molecule has 0 radical (unpaired) electrons. The average Bonchev–Trinajstić information content (AvgIpc) is 3.57. The van der Waals surface area contributed by atoms with E-state index in [9.17, 15) is 4.79 Å². The maximum Gasteiger partial charge on any atom is 0.251 e. The minimum atomic E-state index is -0.301. The quantitative estimate of drug-likeness (QED) is 0.431. The lowest BCUT2D eigenvalue weighted by Gasteiger charge is -2.35. The van der Waals surface area contributed by atoms with Gasteiger partial charge in [0, 0.05) is 43.4 Å². The van der Waals surface area contributed by atoms with E-state index in [0.717, 1.165) is 24.0 Å². The second-order valence-electron chi connectivity index (χ2n) is 9.42. The highest BCUT2D eigenvalue weighted by molar-refractivity contribution is 6.30. The Balaban J connectivity index is 1.34. The fourth-order valence-electron chi connectivity index (χ4n) is 5.01. The van der Waals surface area contributed by atoms with Crippen LogP contribution in [0.2, 0.25) is 5.02 Å². The van der Waals surface area contributed by atoms with E-state index in [2.05, 4.69) is 4.90 Å². The number of benzene rings is 2. The number of nitrogens with two attached hydrogens (primary N) is 1. The van der Waals surface area contributed by atoms with Crippen molar-refractivity contribution in [3.63, 3.8) is 0 Å². The number of aromatic nitrogens is 4. The first kappa shape index (κ1) is 23.7. The number of anilines is 2. The van der Waals surface area contributed by atoms with E-state index in [1.54, 1.807) is 4.68 Å². The third-order valence-corrected chi connectivity index (χ3v) is 7.22. The van der Waals surface area contributed by atoms with Gasteiger partial charge in [0.25, 0.3) is 5.91 Å². The normalized spacial score (nSPS) is 18.0. The van der Waals surface area contributed by atoms with Gasteiger partial charge in [0.15, 0.2) is 5.65 Å². The number of carbonyl (C=O) groups excluding carboxylic acids is 1. The minimum Gasteiger partial charge on any atom is -0.383 e. The van der Waals surface area contributed by atoms with Crippen molar-refractivity contribution in [2.75, 3.05) is 43.4 Å². The van der Waals surface area contributed by atoms with Crippen LogP contribution in [0.15, 0.2) is 54.6 Å². The largest absolute Gasteiger partial charge is 0.383 e. The van der Waals surface area contributed by atoms with Gasteiger partial charge in [-0.15, -0.1) is 5.10 Å². The topological polar surface area (TPSA) is 102 Å². The first-order chi connectivity index (χ1) is 18.1. The molecule has 0 spiro atoms. The molecular formula is C27H28ClN7O2. The molecule has 2 aliphatic heterocycles. The maximum absolute atomic E-state index is 12.8. The van der Waals surface area contributed by atoms with Gasteiger partial charge >= 0.3 is 0 Å². The second-order valence-corrected chi connectivity index (χ2v) is 9.86. The van der Waals surface area contributed by atoms with E-state index < -0.39 is 0 Å². The maximum atomic E-state index is 12.8. The molecule has 6 rings (SSSR count). The molecule has 2 fully saturated rings. The standard InChI is InChI=1S/C27H28ClN7O2/c28-20-9-4-8-19(16-20)23-22-24(29)35(17-18-6-2-1-3-7-18)32-25(22)31-27(30-23)34-13-11-33(12-14-34)26(36)21-10-5-15-37-21/h1-4,6-9,16,21H,5,10-15,17,29H2. The van der Waals surface area contributed by atoms with Crippen molar-refractivity contribution in [1.82, 2.24) is 24.6 Å². The highest BCUT2D eigenvalue weighted by atomic mass is 35.5. The van der Waals surface area contributed by atoms with Gasteiger partial charge in [0.05, 0.1) is 17.6 Å². The molecule has 4 aromatic rings. The van der Waals surface area contributed by atoms with Crippen LogP contribution in [0.1, 0.15) is 18.4 Å². The summed E-state index contributed by atoms with van der Waals surface area (Å²) in [5.41, 5.74) is 9.78. The Bertz CT molecular complexity index is 1430. The molecule has 0 bridgehead atoms. The number of nitrogen functional groups attached to an aromatic ring is 1. The van der Waals surface area contributed by atoms with Crippen LogP contribution in [0, 0.1) is 0 Å². The lowest BCUT2D eigenvalue weighted by Crippen LogP contribution is -2.51. The van der Waals surface area contributed by atoms with Crippen LogP contribution in [0.5, 0.6) is 0 Å². The third-order valence-electron chi connectivity index (χ3n) is 6.98. The number of halogens is 1. The van der Waals surface area contributed by atoms with Crippen molar-refractivity contribution in [2.45, 2.75) is 25.5 Å². The zero-order valence-electron chi connectivity index (χ0n) is 20.4. The fourth-order valence-corrected chi connectivity index (χ4v) is 5.20. The van der Waals surface area contributed by atoms with Crippen molar-refractivity contribution < 1.29 is 9.53 Å². The fraction of sp³-hybridized carbons (Fsp3) is 0.333. The van der Waals surface area contributed by atoms with E-state index in [-0.39, 0.29) is 12.0 Å². The Kier molecular flexibility index (Phi) is 6.40. The molecule has 2 aromatic heterocycles. The van der Waals surface area contributed by atoms with Crippen molar-refractivity contribution >= 4 is 40.3 Å². The van der Waals surface area contributed by atoms with E-state index in [1.807, 2.05) is 59.5 Å². The smallest absolute Gasteiger partial charge is 0.251 e. The van der Waals surface area contributed by atoms with Crippen LogP contribution >= 0.6 is 11.6 Å². The second kappa shape index (κ2) is 9.99. The first-order valence-electron chi connectivity index (χ1n) is 12.6. The number of rotatable bonds is 5. The Labute approximate surface area is 219 Å². The van der Waals surface area contributed by atoms with Crippen LogP contribution in [-0.4, -0.2) is 69.4 Å². The highest BCUT2D eigenvalue weighted by Crippen LogP contribution is 2.33. The van der Waals surface area contributed by atoms with Gasteiger partial charge in [-0.3, -0.25) is 4.79 Å². The molecule has 0 aliphatic carbocycles. The lowest BCUT2D eigenvalue weighted by atomic mass is 10.1. The molecule has 4 heterocycles. The molecule has 10 heteroatoms. The van der Waals surface area contributed by atoms with E-state index in [0.29, 0.717) is 72.8 Å². The molecule has 2 saturated heterocycles. The third kappa shape index (κ3) is 4.72. The summed E-state index contributed by atoms with van der Waals surface area (Å²) in [4.78, 5) is 26.6. The monoisotopic (exact) mass is 517 g/mol. The van der Waals surface area contributed by atoms with Crippen LogP contribution in [0.25, 0.3) is 22.3 Å². The number of nitrogens with zero attached hydrogens (tertiary/aromatic N) is 6. The van der Waals surface area contributed by atoms with Crippen LogP contribution in [0.4, 0.5) is 11.8 Å². The number of hydrogen-bond donors (Lipinski definition) is 1. The molecular weight excluding hydrogens is 490 g/mol. The molecule has 1 atom stereocenters. The number of carbonyl (C=O) groups is 1. The van der Waals surface area contributed by atoms with Gasteiger partial charge in [0.1, 0.15) is 11.9 Å². The van der Waals surface area contributed by atoms with Gasteiger partial charge in [-0.25, -0.2) is 9.67 Å². The molecule has 1 unspecified atom stereocenters. The van der Waals surface area contributed by atoms with E-state index in [4.69, 9.17) is 37.1 Å².